The highest BCUT2D eigenvalue weighted by Gasteiger charge is 2.17. The summed E-state index contributed by atoms with van der Waals surface area (Å²) in [5, 5.41) is 3.95. The molecule has 0 aliphatic rings. The number of amides is 1. The van der Waals surface area contributed by atoms with Crippen LogP contribution >= 0.6 is 0 Å². The van der Waals surface area contributed by atoms with E-state index < -0.39 is 0 Å². The lowest BCUT2D eigenvalue weighted by atomic mass is 10.1. The second-order valence-electron chi connectivity index (χ2n) is 6.61. The number of carbonyl (C=O) groups excluding carboxylic acids is 1. The maximum absolute atomic E-state index is 12.0. The largest absolute Gasteiger partial charge is 0.497 e. The van der Waals surface area contributed by atoms with E-state index in [-0.39, 0.29) is 11.8 Å². The molecule has 5 heteroatoms. The van der Waals surface area contributed by atoms with E-state index in [1.165, 1.54) is 0 Å². The number of fused-ring (bicyclic) bond motifs is 1. The SMILES string of the molecule is CCn1c(-c2cccc(NC(=O)C(C)C)c2)c(N)c2ccc(OC)cc21. The van der Waals surface area contributed by atoms with E-state index in [9.17, 15) is 4.79 Å². The van der Waals surface area contributed by atoms with Crippen molar-refractivity contribution in [2.24, 2.45) is 5.92 Å². The zero-order chi connectivity index (χ0) is 18.8. The number of hydrogen-bond donors (Lipinski definition) is 2. The lowest BCUT2D eigenvalue weighted by Crippen LogP contribution is -2.17. The molecule has 3 rings (SSSR count). The summed E-state index contributed by atoms with van der Waals surface area (Å²) in [5.41, 5.74) is 11.0. The van der Waals surface area contributed by atoms with E-state index in [4.69, 9.17) is 10.5 Å². The molecule has 0 fully saturated rings. The van der Waals surface area contributed by atoms with E-state index in [0.717, 1.165) is 45.8 Å². The van der Waals surface area contributed by atoms with Crippen molar-refractivity contribution in [2.75, 3.05) is 18.2 Å². The molecule has 0 saturated heterocycles. The number of ether oxygens (including phenoxy) is 1. The number of benzene rings is 2. The third-order valence-electron chi connectivity index (χ3n) is 4.56. The molecule has 0 spiro atoms. The average molecular weight is 351 g/mol. The summed E-state index contributed by atoms with van der Waals surface area (Å²) in [6, 6.07) is 13.7. The number of nitrogens with one attached hydrogen (secondary N) is 1. The summed E-state index contributed by atoms with van der Waals surface area (Å²) in [6.45, 7) is 6.62. The Morgan fingerprint density at radius 1 is 1.23 bits per heavy atom. The Kier molecular flexibility index (Phi) is 4.89. The molecule has 3 N–H and O–H groups in total. The van der Waals surface area contributed by atoms with Crippen molar-refractivity contribution in [1.82, 2.24) is 4.57 Å². The zero-order valence-corrected chi connectivity index (χ0v) is 15.7. The first-order valence-electron chi connectivity index (χ1n) is 8.83. The van der Waals surface area contributed by atoms with Crippen LogP contribution in [0.25, 0.3) is 22.2 Å². The number of rotatable bonds is 5. The minimum absolute atomic E-state index is 0.00380. The van der Waals surface area contributed by atoms with Crippen molar-refractivity contribution in [3.05, 3.63) is 42.5 Å². The first-order valence-corrected chi connectivity index (χ1v) is 8.83. The Morgan fingerprint density at radius 2 is 2.00 bits per heavy atom. The second kappa shape index (κ2) is 7.12. The summed E-state index contributed by atoms with van der Waals surface area (Å²) >= 11 is 0. The number of hydrogen-bond acceptors (Lipinski definition) is 3. The molecule has 5 nitrogen and oxygen atoms in total. The molecule has 0 saturated carbocycles. The quantitative estimate of drug-likeness (QED) is 0.710. The number of methoxy groups -OCH3 is 1. The number of aromatic nitrogens is 1. The minimum Gasteiger partial charge on any atom is -0.497 e. The molecule has 136 valence electrons. The second-order valence-corrected chi connectivity index (χ2v) is 6.61. The highest BCUT2D eigenvalue weighted by molar-refractivity contribution is 6.02. The average Bonchev–Trinajstić information content (AvgIpc) is 2.93. The maximum atomic E-state index is 12.0. The van der Waals surface area contributed by atoms with E-state index >= 15 is 0 Å². The van der Waals surface area contributed by atoms with Gasteiger partial charge in [-0.1, -0.05) is 26.0 Å². The van der Waals surface area contributed by atoms with Gasteiger partial charge >= 0.3 is 0 Å². The number of aryl methyl sites for hydroxylation is 1. The summed E-state index contributed by atoms with van der Waals surface area (Å²) in [6.07, 6.45) is 0. The number of anilines is 2. The van der Waals surface area contributed by atoms with Gasteiger partial charge in [-0.15, -0.1) is 0 Å². The maximum Gasteiger partial charge on any atom is 0.226 e. The van der Waals surface area contributed by atoms with Crippen molar-refractivity contribution in [1.29, 1.82) is 0 Å². The molecule has 2 aromatic carbocycles. The first-order chi connectivity index (χ1) is 12.5. The zero-order valence-electron chi connectivity index (χ0n) is 15.7. The molecular weight excluding hydrogens is 326 g/mol. The van der Waals surface area contributed by atoms with Crippen LogP contribution in [0, 0.1) is 5.92 Å². The van der Waals surface area contributed by atoms with Crippen molar-refractivity contribution in [3.8, 4) is 17.0 Å². The normalized spacial score (nSPS) is 11.1. The van der Waals surface area contributed by atoms with Gasteiger partial charge in [0, 0.05) is 35.2 Å². The van der Waals surface area contributed by atoms with E-state index in [0.29, 0.717) is 0 Å². The van der Waals surface area contributed by atoms with Gasteiger partial charge < -0.3 is 20.4 Å². The van der Waals surface area contributed by atoms with Gasteiger partial charge in [-0.25, -0.2) is 0 Å². The Hall–Kier alpha value is -2.95. The van der Waals surface area contributed by atoms with E-state index in [1.54, 1.807) is 7.11 Å². The van der Waals surface area contributed by atoms with Gasteiger partial charge in [-0.05, 0) is 31.2 Å². The van der Waals surface area contributed by atoms with Gasteiger partial charge in [-0.3, -0.25) is 4.79 Å². The highest BCUT2D eigenvalue weighted by Crippen LogP contribution is 2.38. The van der Waals surface area contributed by atoms with Crippen LogP contribution in [0.3, 0.4) is 0 Å². The predicted octanol–water partition coefficient (Wildman–Crippen LogP) is 4.51. The standard InChI is InChI=1S/C21H25N3O2/c1-5-24-18-12-16(26-4)9-10-17(18)19(22)20(24)14-7-6-8-15(11-14)23-21(25)13(2)3/h6-13H,5,22H2,1-4H3,(H,23,25). The molecule has 1 heterocycles. The van der Waals surface area contributed by atoms with Crippen LogP contribution in [-0.4, -0.2) is 17.6 Å². The molecule has 0 aliphatic carbocycles. The third-order valence-corrected chi connectivity index (χ3v) is 4.56. The van der Waals surface area contributed by atoms with Crippen LogP contribution < -0.4 is 15.8 Å². The van der Waals surface area contributed by atoms with Crippen LogP contribution in [-0.2, 0) is 11.3 Å². The fourth-order valence-electron chi connectivity index (χ4n) is 3.15. The molecule has 26 heavy (non-hydrogen) atoms. The lowest BCUT2D eigenvalue weighted by Gasteiger charge is -2.12. The summed E-state index contributed by atoms with van der Waals surface area (Å²) in [5.74, 6) is 0.725. The molecule has 1 aromatic heterocycles. The van der Waals surface area contributed by atoms with E-state index in [2.05, 4.69) is 16.8 Å². The van der Waals surface area contributed by atoms with E-state index in [1.807, 2.05) is 56.3 Å². The van der Waals surface area contributed by atoms with Crippen LogP contribution in [0.1, 0.15) is 20.8 Å². The molecular formula is C21H25N3O2. The Labute approximate surface area is 153 Å². The third kappa shape index (κ3) is 3.12. The fourth-order valence-corrected chi connectivity index (χ4v) is 3.15. The summed E-state index contributed by atoms with van der Waals surface area (Å²) in [7, 11) is 1.66. The predicted molar refractivity (Wildman–Crippen MR) is 107 cm³/mol. The molecule has 0 atom stereocenters. The van der Waals surface area contributed by atoms with Crippen molar-refractivity contribution >= 4 is 28.2 Å². The number of carbonyl (C=O) groups is 1. The van der Waals surface area contributed by atoms with Crippen molar-refractivity contribution in [3.63, 3.8) is 0 Å². The highest BCUT2D eigenvalue weighted by atomic mass is 16.5. The van der Waals surface area contributed by atoms with Gasteiger partial charge in [0.1, 0.15) is 5.75 Å². The van der Waals surface area contributed by atoms with Crippen LogP contribution in [0.4, 0.5) is 11.4 Å². The number of nitrogens with zero attached hydrogens (tertiary/aromatic N) is 1. The van der Waals surface area contributed by atoms with Gasteiger partial charge in [0.15, 0.2) is 0 Å². The van der Waals surface area contributed by atoms with Gasteiger partial charge in [0.05, 0.1) is 24.0 Å². The minimum atomic E-state index is -0.0710. The Bertz CT molecular complexity index is 957. The Balaban J connectivity index is 2.13. The topological polar surface area (TPSA) is 69.3 Å². The number of nitrogen functional groups attached to an aromatic ring is 1. The summed E-state index contributed by atoms with van der Waals surface area (Å²) < 4.78 is 7.54. The van der Waals surface area contributed by atoms with Crippen molar-refractivity contribution < 1.29 is 9.53 Å². The van der Waals surface area contributed by atoms with Gasteiger partial charge in [0.25, 0.3) is 0 Å². The fraction of sp³-hybridized carbons (Fsp3) is 0.286. The lowest BCUT2D eigenvalue weighted by molar-refractivity contribution is -0.118. The van der Waals surface area contributed by atoms with Gasteiger partial charge in [0.2, 0.25) is 5.91 Å². The molecule has 0 bridgehead atoms. The van der Waals surface area contributed by atoms with Crippen molar-refractivity contribution in [2.45, 2.75) is 27.3 Å². The smallest absolute Gasteiger partial charge is 0.226 e. The molecule has 1 amide bonds. The molecule has 0 aliphatic heterocycles. The monoisotopic (exact) mass is 351 g/mol. The van der Waals surface area contributed by atoms with Crippen LogP contribution in [0.15, 0.2) is 42.5 Å². The molecule has 3 aromatic rings. The van der Waals surface area contributed by atoms with Gasteiger partial charge in [-0.2, -0.15) is 0 Å². The van der Waals surface area contributed by atoms with Crippen LogP contribution in [0.2, 0.25) is 0 Å². The molecule has 0 unspecified atom stereocenters. The number of nitrogens with two attached hydrogens (primary N) is 1. The van der Waals surface area contributed by atoms with Crippen LogP contribution in [0.5, 0.6) is 5.75 Å². The Morgan fingerprint density at radius 3 is 2.65 bits per heavy atom. The summed E-state index contributed by atoms with van der Waals surface area (Å²) in [4.78, 5) is 12.0. The first kappa shape index (κ1) is 17.9. The molecule has 0 radical (unpaired) electrons.